The molecule has 1 fully saturated rings. The summed E-state index contributed by atoms with van der Waals surface area (Å²) in [7, 11) is 0. The van der Waals surface area contributed by atoms with Crippen LogP contribution in [0.1, 0.15) is 18.4 Å². The Kier molecular flexibility index (Phi) is 2.73. The molecule has 0 saturated heterocycles. The Hall–Kier alpha value is -1.02. The van der Waals surface area contributed by atoms with Gasteiger partial charge in [0.15, 0.2) is 0 Å². The van der Waals surface area contributed by atoms with E-state index in [1.54, 1.807) is 12.1 Å². The Bertz CT molecular complexity index is 305. The van der Waals surface area contributed by atoms with Crippen LogP contribution in [-0.2, 0) is 6.42 Å². The van der Waals surface area contributed by atoms with Gasteiger partial charge in [0, 0.05) is 6.61 Å². The predicted molar refractivity (Wildman–Crippen MR) is 55.1 cm³/mol. The third-order valence-electron chi connectivity index (χ3n) is 2.93. The second-order valence-corrected chi connectivity index (χ2v) is 4.15. The van der Waals surface area contributed by atoms with E-state index < -0.39 is 0 Å². The van der Waals surface area contributed by atoms with Crippen LogP contribution in [0.2, 0.25) is 0 Å². The zero-order valence-corrected chi connectivity index (χ0v) is 8.19. The van der Waals surface area contributed by atoms with Gasteiger partial charge in [0.1, 0.15) is 5.75 Å². The highest BCUT2D eigenvalue weighted by molar-refractivity contribution is 5.27. The fourth-order valence-electron chi connectivity index (χ4n) is 1.93. The first-order valence-electron chi connectivity index (χ1n) is 5.18. The van der Waals surface area contributed by atoms with E-state index in [0.29, 0.717) is 17.6 Å². The molecule has 0 aliphatic heterocycles. The maximum absolute atomic E-state index is 9.29. The summed E-state index contributed by atoms with van der Waals surface area (Å²) in [5, 5.41) is 18.5. The van der Waals surface area contributed by atoms with E-state index in [1.165, 1.54) is 12.8 Å². The molecule has 0 radical (unpaired) electrons. The second-order valence-electron chi connectivity index (χ2n) is 4.15. The van der Waals surface area contributed by atoms with Gasteiger partial charge in [-0.2, -0.15) is 0 Å². The summed E-state index contributed by atoms with van der Waals surface area (Å²) in [6, 6.07) is 7.32. The van der Waals surface area contributed by atoms with Gasteiger partial charge in [0.05, 0.1) is 0 Å². The topological polar surface area (TPSA) is 40.5 Å². The molecule has 2 rings (SSSR count). The van der Waals surface area contributed by atoms with Crippen molar-refractivity contribution in [1.29, 1.82) is 0 Å². The van der Waals surface area contributed by atoms with Crippen LogP contribution in [0.4, 0.5) is 0 Å². The lowest BCUT2D eigenvalue weighted by atomic mass is 9.95. The minimum Gasteiger partial charge on any atom is -0.508 e. The third kappa shape index (κ3) is 2.26. The largest absolute Gasteiger partial charge is 0.508 e. The third-order valence-corrected chi connectivity index (χ3v) is 2.93. The van der Waals surface area contributed by atoms with E-state index >= 15 is 0 Å². The van der Waals surface area contributed by atoms with Crippen molar-refractivity contribution in [2.24, 2.45) is 11.8 Å². The van der Waals surface area contributed by atoms with Crippen LogP contribution in [0.25, 0.3) is 0 Å². The van der Waals surface area contributed by atoms with Crippen molar-refractivity contribution in [1.82, 2.24) is 0 Å². The Labute approximate surface area is 84.2 Å². The fourth-order valence-corrected chi connectivity index (χ4v) is 1.93. The van der Waals surface area contributed by atoms with E-state index in [-0.39, 0.29) is 6.61 Å². The van der Waals surface area contributed by atoms with Crippen molar-refractivity contribution in [2.75, 3.05) is 6.61 Å². The van der Waals surface area contributed by atoms with Gasteiger partial charge in [-0.3, -0.25) is 0 Å². The molecule has 1 atom stereocenters. The molecule has 0 heterocycles. The van der Waals surface area contributed by atoms with Gasteiger partial charge in [0.25, 0.3) is 0 Å². The van der Waals surface area contributed by atoms with Crippen LogP contribution < -0.4 is 0 Å². The zero-order valence-electron chi connectivity index (χ0n) is 8.19. The van der Waals surface area contributed by atoms with Gasteiger partial charge in [-0.05, 0) is 48.8 Å². The number of hydrogen-bond acceptors (Lipinski definition) is 2. The zero-order chi connectivity index (χ0) is 9.97. The Morgan fingerprint density at radius 1 is 1.36 bits per heavy atom. The van der Waals surface area contributed by atoms with Crippen molar-refractivity contribution < 1.29 is 10.2 Å². The molecule has 1 saturated carbocycles. The standard InChI is InChI=1S/C12H16O2/c13-8-11(10-4-5-10)6-9-2-1-3-12(14)7-9/h1-3,7,10-11,13-14H,4-6,8H2. The molecule has 14 heavy (non-hydrogen) atoms. The van der Waals surface area contributed by atoms with E-state index in [9.17, 15) is 10.2 Å². The molecule has 76 valence electrons. The van der Waals surface area contributed by atoms with Gasteiger partial charge in [-0.15, -0.1) is 0 Å². The smallest absolute Gasteiger partial charge is 0.115 e. The molecule has 1 unspecified atom stereocenters. The lowest BCUT2D eigenvalue weighted by Crippen LogP contribution is -2.11. The number of aromatic hydroxyl groups is 1. The lowest BCUT2D eigenvalue weighted by Gasteiger charge is -2.12. The molecule has 0 spiro atoms. The first kappa shape index (κ1) is 9.53. The highest BCUT2D eigenvalue weighted by Crippen LogP contribution is 2.38. The maximum atomic E-state index is 9.29. The summed E-state index contributed by atoms with van der Waals surface area (Å²) in [4.78, 5) is 0. The Morgan fingerprint density at radius 3 is 2.71 bits per heavy atom. The van der Waals surface area contributed by atoms with Crippen LogP contribution in [0.5, 0.6) is 5.75 Å². The predicted octanol–water partition coefficient (Wildman–Crippen LogP) is 1.95. The molecular formula is C12H16O2. The van der Waals surface area contributed by atoms with Crippen molar-refractivity contribution in [3.8, 4) is 5.75 Å². The first-order valence-corrected chi connectivity index (χ1v) is 5.18. The van der Waals surface area contributed by atoms with Crippen LogP contribution >= 0.6 is 0 Å². The van der Waals surface area contributed by atoms with Gasteiger partial charge in [-0.1, -0.05) is 12.1 Å². The monoisotopic (exact) mass is 192 g/mol. The van der Waals surface area contributed by atoms with Crippen LogP contribution in [0, 0.1) is 11.8 Å². The minimum absolute atomic E-state index is 0.264. The summed E-state index contributed by atoms with van der Waals surface area (Å²) in [6.45, 7) is 0.264. The normalized spacial score (nSPS) is 18.1. The molecule has 1 aliphatic rings. The number of hydrogen-bond donors (Lipinski definition) is 2. The summed E-state index contributed by atoms with van der Waals surface area (Å²) < 4.78 is 0. The number of phenols is 1. The van der Waals surface area contributed by atoms with Crippen LogP contribution in [0.15, 0.2) is 24.3 Å². The molecule has 1 aliphatic carbocycles. The Morgan fingerprint density at radius 2 is 2.14 bits per heavy atom. The minimum atomic E-state index is 0.264. The van der Waals surface area contributed by atoms with Crippen molar-refractivity contribution in [3.63, 3.8) is 0 Å². The van der Waals surface area contributed by atoms with Crippen molar-refractivity contribution >= 4 is 0 Å². The molecule has 2 nitrogen and oxygen atoms in total. The van der Waals surface area contributed by atoms with Gasteiger partial charge < -0.3 is 10.2 Å². The first-order chi connectivity index (χ1) is 6.79. The lowest BCUT2D eigenvalue weighted by molar-refractivity contribution is 0.209. The average molecular weight is 192 g/mol. The summed E-state index contributed by atoms with van der Waals surface area (Å²) >= 11 is 0. The molecule has 0 amide bonds. The van der Waals surface area contributed by atoms with Crippen molar-refractivity contribution in [3.05, 3.63) is 29.8 Å². The van der Waals surface area contributed by atoms with E-state index in [2.05, 4.69) is 0 Å². The van der Waals surface area contributed by atoms with Gasteiger partial charge in [0.2, 0.25) is 0 Å². The summed E-state index contributed by atoms with van der Waals surface area (Å²) in [5.41, 5.74) is 1.12. The molecule has 1 aromatic rings. The van der Waals surface area contributed by atoms with Crippen molar-refractivity contribution in [2.45, 2.75) is 19.3 Å². The molecule has 0 bridgehead atoms. The maximum Gasteiger partial charge on any atom is 0.115 e. The highest BCUT2D eigenvalue weighted by Gasteiger charge is 2.30. The molecule has 2 heteroatoms. The van der Waals surface area contributed by atoms with E-state index in [4.69, 9.17) is 0 Å². The number of aliphatic hydroxyl groups excluding tert-OH is 1. The highest BCUT2D eigenvalue weighted by atomic mass is 16.3. The average Bonchev–Trinajstić information content (AvgIpc) is 2.97. The number of aliphatic hydroxyl groups is 1. The number of benzene rings is 1. The number of rotatable bonds is 4. The van der Waals surface area contributed by atoms with E-state index in [1.807, 2.05) is 12.1 Å². The molecule has 1 aromatic carbocycles. The number of phenolic OH excluding ortho intramolecular Hbond substituents is 1. The van der Waals surface area contributed by atoms with E-state index in [0.717, 1.165) is 12.0 Å². The van der Waals surface area contributed by atoms with Crippen LogP contribution in [-0.4, -0.2) is 16.8 Å². The van der Waals surface area contributed by atoms with Gasteiger partial charge in [-0.25, -0.2) is 0 Å². The summed E-state index contributed by atoms with van der Waals surface area (Å²) in [6.07, 6.45) is 3.39. The van der Waals surface area contributed by atoms with Gasteiger partial charge >= 0.3 is 0 Å². The fraction of sp³-hybridized carbons (Fsp3) is 0.500. The van der Waals surface area contributed by atoms with Crippen LogP contribution in [0.3, 0.4) is 0 Å². The molecule has 0 aromatic heterocycles. The quantitative estimate of drug-likeness (QED) is 0.765. The molecule has 2 N–H and O–H groups in total. The molecular weight excluding hydrogens is 176 g/mol. The second kappa shape index (κ2) is 4.01. The SMILES string of the molecule is OCC(Cc1cccc(O)c1)C1CC1. The summed E-state index contributed by atoms with van der Waals surface area (Å²) in [5.74, 6) is 1.41. The Balaban J connectivity index is 2.01.